The zero-order valence-corrected chi connectivity index (χ0v) is 22.2. The quantitative estimate of drug-likeness (QED) is 0.253. The number of unbranched alkanes of at least 4 members (excludes halogenated alkanes) is 1. The first-order valence-electron chi connectivity index (χ1n) is 13.3. The molecule has 0 aliphatic heterocycles. The third kappa shape index (κ3) is 9.40. The van der Waals surface area contributed by atoms with E-state index < -0.39 is 12.1 Å². The van der Waals surface area contributed by atoms with Gasteiger partial charge in [-0.05, 0) is 53.9 Å². The second-order valence-corrected chi connectivity index (χ2v) is 9.83. The molecule has 0 radical (unpaired) electrons. The number of nitriles is 1. The van der Waals surface area contributed by atoms with E-state index in [1.54, 1.807) is 0 Å². The standard InChI is InChI=1S/C32H37N3O3/c1-24(2)20-30(28-17-11-16-27(21-28)26-14-7-4-8-15-26)31(36)35-29(22-33)18-9-10-19-38-32(37)34-23-25-12-5-3-6-13-25/h3-8,11-17,21,24,29-30H,9-10,18-20,23H2,1-2H3,(H,34,37)(H,35,36). The third-order valence-corrected chi connectivity index (χ3v) is 6.29. The molecule has 3 rings (SSSR count). The van der Waals surface area contributed by atoms with Gasteiger partial charge in [0.15, 0.2) is 0 Å². The van der Waals surface area contributed by atoms with Crippen molar-refractivity contribution in [2.24, 2.45) is 5.92 Å². The summed E-state index contributed by atoms with van der Waals surface area (Å²) in [7, 11) is 0. The Morgan fingerprint density at radius 2 is 1.58 bits per heavy atom. The highest BCUT2D eigenvalue weighted by molar-refractivity contribution is 5.84. The van der Waals surface area contributed by atoms with Crippen molar-refractivity contribution in [3.63, 3.8) is 0 Å². The number of carbonyl (C=O) groups is 2. The van der Waals surface area contributed by atoms with Crippen LogP contribution in [0.1, 0.15) is 56.6 Å². The molecule has 0 heterocycles. The fourth-order valence-corrected chi connectivity index (χ4v) is 4.31. The molecule has 0 saturated carbocycles. The van der Waals surface area contributed by atoms with E-state index in [2.05, 4.69) is 48.7 Å². The number of rotatable bonds is 13. The van der Waals surface area contributed by atoms with Crippen LogP contribution in [-0.4, -0.2) is 24.6 Å². The summed E-state index contributed by atoms with van der Waals surface area (Å²) in [4.78, 5) is 25.2. The van der Waals surface area contributed by atoms with Crippen LogP contribution in [0.15, 0.2) is 84.9 Å². The maximum atomic E-state index is 13.3. The predicted molar refractivity (Wildman–Crippen MR) is 150 cm³/mol. The number of benzene rings is 3. The van der Waals surface area contributed by atoms with Gasteiger partial charge in [-0.2, -0.15) is 5.26 Å². The van der Waals surface area contributed by atoms with Gasteiger partial charge in [0.2, 0.25) is 5.91 Å². The highest BCUT2D eigenvalue weighted by atomic mass is 16.5. The molecule has 0 fully saturated rings. The average Bonchev–Trinajstić information content (AvgIpc) is 2.95. The molecule has 3 aromatic carbocycles. The number of alkyl carbamates (subject to hydrolysis) is 1. The number of carbonyl (C=O) groups excluding carboxylic acids is 2. The van der Waals surface area contributed by atoms with Crippen molar-refractivity contribution in [3.05, 3.63) is 96.1 Å². The number of nitrogens with one attached hydrogen (secondary N) is 2. The molecular weight excluding hydrogens is 474 g/mol. The van der Waals surface area contributed by atoms with Gasteiger partial charge < -0.3 is 15.4 Å². The summed E-state index contributed by atoms with van der Waals surface area (Å²) in [6, 6.07) is 29.4. The average molecular weight is 512 g/mol. The highest BCUT2D eigenvalue weighted by Crippen LogP contribution is 2.28. The lowest BCUT2D eigenvalue weighted by atomic mass is 9.87. The maximum Gasteiger partial charge on any atom is 0.407 e. The van der Waals surface area contributed by atoms with Gasteiger partial charge >= 0.3 is 6.09 Å². The highest BCUT2D eigenvalue weighted by Gasteiger charge is 2.24. The Labute approximate surface area is 226 Å². The molecule has 0 aliphatic carbocycles. The summed E-state index contributed by atoms with van der Waals surface area (Å²) < 4.78 is 5.23. The molecule has 38 heavy (non-hydrogen) atoms. The molecule has 6 nitrogen and oxygen atoms in total. The SMILES string of the molecule is CC(C)CC(C(=O)NC(C#N)CCCCOC(=O)NCc1ccccc1)c1cccc(-c2ccccc2)c1. The number of hydrogen-bond donors (Lipinski definition) is 2. The first kappa shape index (κ1) is 28.5. The molecule has 198 valence electrons. The van der Waals surface area contributed by atoms with Crippen molar-refractivity contribution >= 4 is 12.0 Å². The molecule has 0 aromatic heterocycles. The van der Waals surface area contributed by atoms with Crippen molar-refractivity contribution in [2.75, 3.05) is 6.61 Å². The van der Waals surface area contributed by atoms with Crippen molar-refractivity contribution in [1.29, 1.82) is 5.26 Å². The minimum absolute atomic E-state index is 0.132. The summed E-state index contributed by atoms with van der Waals surface area (Å²) in [5.41, 5.74) is 4.11. The third-order valence-electron chi connectivity index (χ3n) is 6.29. The van der Waals surface area contributed by atoms with Gasteiger partial charge in [0.05, 0.1) is 18.6 Å². The molecule has 0 saturated heterocycles. The van der Waals surface area contributed by atoms with E-state index in [9.17, 15) is 14.9 Å². The fourth-order valence-electron chi connectivity index (χ4n) is 4.31. The van der Waals surface area contributed by atoms with Crippen LogP contribution < -0.4 is 10.6 Å². The van der Waals surface area contributed by atoms with Crippen molar-refractivity contribution in [3.8, 4) is 17.2 Å². The van der Waals surface area contributed by atoms with Gasteiger partial charge in [-0.15, -0.1) is 0 Å². The second-order valence-electron chi connectivity index (χ2n) is 9.83. The van der Waals surface area contributed by atoms with Crippen LogP contribution >= 0.6 is 0 Å². The van der Waals surface area contributed by atoms with Gasteiger partial charge in [-0.25, -0.2) is 4.79 Å². The van der Waals surface area contributed by atoms with Gasteiger partial charge in [0.25, 0.3) is 0 Å². The van der Waals surface area contributed by atoms with E-state index in [0.29, 0.717) is 38.1 Å². The van der Waals surface area contributed by atoms with Gasteiger partial charge in [0.1, 0.15) is 6.04 Å². The van der Waals surface area contributed by atoms with Crippen LogP contribution in [0, 0.1) is 17.2 Å². The molecule has 0 spiro atoms. The minimum atomic E-state index is -0.596. The number of nitrogens with zero attached hydrogens (tertiary/aromatic N) is 1. The first-order chi connectivity index (χ1) is 18.5. The second kappa shape index (κ2) is 15.2. The smallest absolute Gasteiger partial charge is 0.407 e. The Balaban J connectivity index is 1.48. The molecule has 3 aromatic rings. The largest absolute Gasteiger partial charge is 0.450 e. The molecule has 2 N–H and O–H groups in total. The summed E-state index contributed by atoms with van der Waals surface area (Å²) in [6.45, 7) is 4.86. The molecule has 0 bridgehead atoms. The van der Waals surface area contributed by atoms with Crippen molar-refractivity contribution < 1.29 is 14.3 Å². The lowest BCUT2D eigenvalue weighted by Crippen LogP contribution is -2.37. The first-order valence-corrected chi connectivity index (χ1v) is 13.3. The normalized spacial score (nSPS) is 12.3. The van der Waals surface area contributed by atoms with Crippen LogP contribution in [0.4, 0.5) is 4.79 Å². The summed E-state index contributed by atoms with van der Waals surface area (Å²) in [6.07, 6.45) is 1.99. The number of amides is 2. The van der Waals surface area contributed by atoms with E-state index in [4.69, 9.17) is 4.74 Å². The Morgan fingerprint density at radius 3 is 2.26 bits per heavy atom. The Hall–Kier alpha value is -4.11. The summed E-state index contributed by atoms with van der Waals surface area (Å²) in [5, 5.41) is 15.3. The summed E-state index contributed by atoms with van der Waals surface area (Å²) >= 11 is 0. The van der Waals surface area contributed by atoms with Gasteiger partial charge in [0, 0.05) is 6.54 Å². The molecule has 2 atom stereocenters. The maximum absolute atomic E-state index is 13.3. The van der Waals surface area contributed by atoms with Gasteiger partial charge in [-0.1, -0.05) is 98.8 Å². The zero-order chi connectivity index (χ0) is 27.2. The Morgan fingerprint density at radius 1 is 0.895 bits per heavy atom. The minimum Gasteiger partial charge on any atom is -0.450 e. The molecule has 0 aliphatic rings. The monoisotopic (exact) mass is 511 g/mol. The van der Waals surface area contributed by atoms with E-state index >= 15 is 0 Å². The Bertz CT molecular complexity index is 1190. The van der Waals surface area contributed by atoms with Crippen molar-refractivity contribution in [2.45, 2.75) is 58.0 Å². The fraction of sp³-hybridized carbons (Fsp3) is 0.344. The van der Waals surface area contributed by atoms with Crippen LogP contribution in [-0.2, 0) is 16.1 Å². The molecule has 6 heteroatoms. The van der Waals surface area contributed by atoms with Crippen LogP contribution in [0.5, 0.6) is 0 Å². The molecular formula is C32H37N3O3. The molecule has 2 amide bonds. The topological polar surface area (TPSA) is 91.2 Å². The van der Waals surface area contributed by atoms with Crippen LogP contribution in [0.2, 0.25) is 0 Å². The zero-order valence-electron chi connectivity index (χ0n) is 22.2. The van der Waals surface area contributed by atoms with Crippen LogP contribution in [0.25, 0.3) is 11.1 Å². The van der Waals surface area contributed by atoms with Crippen molar-refractivity contribution in [1.82, 2.24) is 10.6 Å². The predicted octanol–water partition coefficient (Wildman–Crippen LogP) is 6.59. The van der Waals surface area contributed by atoms with Gasteiger partial charge in [-0.3, -0.25) is 4.79 Å². The van der Waals surface area contributed by atoms with Crippen LogP contribution in [0.3, 0.4) is 0 Å². The number of hydrogen-bond acceptors (Lipinski definition) is 4. The Kier molecular flexibility index (Phi) is 11.4. The van der Waals surface area contributed by atoms with E-state index in [1.165, 1.54) is 0 Å². The lowest BCUT2D eigenvalue weighted by molar-refractivity contribution is -0.123. The van der Waals surface area contributed by atoms with E-state index in [1.807, 2.05) is 66.7 Å². The lowest BCUT2D eigenvalue weighted by Gasteiger charge is -2.22. The van der Waals surface area contributed by atoms with E-state index in [-0.39, 0.29) is 18.4 Å². The molecule has 2 unspecified atom stereocenters. The summed E-state index contributed by atoms with van der Waals surface area (Å²) in [5.74, 6) is -0.157. The van der Waals surface area contributed by atoms with E-state index in [0.717, 1.165) is 22.3 Å². The number of ether oxygens (including phenoxy) is 1.